The van der Waals surface area contributed by atoms with Crippen molar-refractivity contribution in [2.75, 3.05) is 17.6 Å². The number of ketones is 5. The standard InChI is InChI=1S/C20H24N2O4.C15H16N2O2.C5H6N2O.C3H9N/c1-20(2,3)26-19(25)22-16-7-4-14(5-8-16)6-9-17(23)12-15-13-21-11-10-18(15)24;16-13-4-1-11(2-5-13)3-6-14(18)9-12-10-17-8-7-15(12)19;6-4-3-7-2-1-5(4)8;1-2-3-4/h4-5,7-8,10-11,13,15H,6,9,12H2,1-3H3,(H,22,25);1-2,4-5,7-8,10,12H,3,6,9,16H2;1-4H,6H2;2-4H2,1H3. The van der Waals surface area contributed by atoms with Crippen LogP contribution in [0.4, 0.5) is 16.2 Å². The van der Waals surface area contributed by atoms with E-state index in [2.05, 4.69) is 27.2 Å². The first-order valence-corrected chi connectivity index (χ1v) is 18.7. The third-order valence-electron chi connectivity index (χ3n) is 7.96. The number of amides is 1. The Morgan fingerprint density at radius 2 is 1.12 bits per heavy atom. The fourth-order valence-electron chi connectivity index (χ4n) is 4.81. The van der Waals surface area contributed by atoms with E-state index in [0.29, 0.717) is 37.1 Å². The first kappa shape index (κ1) is 47.2. The number of aryl methyl sites for hydroxylation is 2. The van der Waals surface area contributed by atoms with Gasteiger partial charge in [-0.25, -0.2) is 4.79 Å². The van der Waals surface area contributed by atoms with Crippen LogP contribution in [0.15, 0.2) is 100 Å². The number of ether oxygens (including phenoxy) is 1. The second-order valence-electron chi connectivity index (χ2n) is 14.1. The number of anilines is 2. The van der Waals surface area contributed by atoms with Gasteiger partial charge in [0.05, 0.1) is 11.8 Å². The van der Waals surface area contributed by atoms with Gasteiger partial charge in [-0.3, -0.25) is 44.3 Å². The Morgan fingerprint density at radius 1 is 0.702 bits per heavy atom. The number of allylic oxidation sites excluding steroid dienone is 2. The van der Waals surface area contributed by atoms with E-state index in [9.17, 15) is 28.8 Å². The number of nitrogens with one attached hydrogen (secondary N) is 1. The molecule has 0 radical (unpaired) electrons. The normalized spacial score (nSPS) is 17.6. The van der Waals surface area contributed by atoms with E-state index in [-0.39, 0.29) is 47.7 Å². The monoisotopic (exact) mass is 781 g/mol. The van der Waals surface area contributed by atoms with Crippen LogP contribution in [-0.2, 0) is 41.6 Å². The predicted molar refractivity (Wildman–Crippen MR) is 225 cm³/mol. The molecule has 0 saturated carbocycles. The number of hydrogen-bond donors (Lipinski definition) is 4. The average Bonchev–Trinajstić information content (AvgIpc) is 3.17. The molecule has 2 aromatic rings. The molecular formula is C43H55N7O7. The summed E-state index contributed by atoms with van der Waals surface area (Å²) in [5.74, 6) is -0.920. The van der Waals surface area contributed by atoms with Crippen molar-refractivity contribution in [1.29, 1.82) is 0 Å². The Hall–Kier alpha value is -5.99. The molecule has 3 heterocycles. The topological polar surface area (TPSA) is 239 Å². The molecule has 0 aromatic heterocycles. The second-order valence-corrected chi connectivity index (χ2v) is 14.1. The van der Waals surface area contributed by atoms with Crippen molar-refractivity contribution in [3.05, 3.63) is 96.5 Å². The van der Waals surface area contributed by atoms with Gasteiger partial charge in [-0.1, -0.05) is 31.2 Å². The van der Waals surface area contributed by atoms with E-state index >= 15 is 0 Å². The summed E-state index contributed by atoms with van der Waals surface area (Å²) in [6.45, 7) is 8.28. The lowest BCUT2D eigenvalue weighted by Crippen LogP contribution is -2.31. The highest BCUT2D eigenvalue weighted by atomic mass is 16.6. The van der Waals surface area contributed by atoms with Gasteiger partial charge in [0, 0.05) is 92.5 Å². The number of carbonyl (C=O) groups excluding carboxylic acids is 6. The molecule has 304 valence electrons. The van der Waals surface area contributed by atoms with Crippen LogP contribution in [0.1, 0.15) is 70.9 Å². The summed E-state index contributed by atoms with van der Waals surface area (Å²) in [4.78, 5) is 80.7. The molecule has 3 aliphatic heterocycles. The molecule has 3 atom stereocenters. The lowest BCUT2D eigenvalue weighted by Gasteiger charge is -2.19. The smallest absolute Gasteiger partial charge is 0.412 e. The molecule has 14 nitrogen and oxygen atoms in total. The Labute approximate surface area is 334 Å². The van der Waals surface area contributed by atoms with Gasteiger partial charge in [0.25, 0.3) is 0 Å². The van der Waals surface area contributed by atoms with Gasteiger partial charge in [0.2, 0.25) is 0 Å². The van der Waals surface area contributed by atoms with Crippen molar-refractivity contribution < 1.29 is 33.5 Å². The molecule has 5 rings (SSSR count). The number of hydrogen-bond acceptors (Lipinski definition) is 13. The number of benzene rings is 2. The van der Waals surface area contributed by atoms with Gasteiger partial charge >= 0.3 is 6.09 Å². The molecule has 14 heteroatoms. The summed E-state index contributed by atoms with van der Waals surface area (Å²) in [5.41, 5.74) is 18.7. The molecular weight excluding hydrogens is 727 g/mol. The Kier molecular flexibility index (Phi) is 20.9. The van der Waals surface area contributed by atoms with Crippen LogP contribution in [-0.4, -0.2) is 71.8 Å². The first-order valence-electron chi connectivity index (χ1n) is 18.7. The number of nitrogens with zero attached hydrogens (tertiary/aromatic N) is 3. The minimum absolute atomic E-state index is 0.0288. The maximum Gasteiger partial charge on any atom is 0.412 e. The van der Waals surface area contributed by atoms with Gasteiger partial charge in [-0.2, -0.15) is 0 Å². The number of nitrogen functional groups attached to an aromatic ring is 1. The van der Waals surface area contributed by atoms with E-state index < -0.39 is 23.7 Å². The average molecular weight is 782 g/mol. The molecule has 3 unspecified atom stereocenters. The van der Waals surface area contributed by atoms with Crippen molar-refractivity contribution in [3.63, 3.8) is 0 Å². The van der Waals surface area contributed by atoms with E-state index in [4.69, 9.17) is 21.9 Å². The van der Waals surface area contributed by atoms with E-state index in [1.807, 2.05) is 36.4 Å². The van der Waals surface area contributed by atoms with Gasteiger partial charge in [-0.05, 0) is 82.0 Å². The van der Waals surface area contributed by atoms with Gasteiger partial charge in [-0.15, -0.1) is 0 Å². The molecule has 0 saturated heterocycles. The van der Waals surface area contributed by atoms with Crippen molar-refractivity contribution in [2.24, 2.45) is 38.3 Å². The third kappa shape index (κ3) is 20.5. The molecule has 0 bridgehead atoms. The maximum absolute atomic E-state index is 12.1. The van der Waals surface area contributed by atoms with Crippen molar-refractivity contribution in [2.45, 2.75) is 84.3 Å². The maximum atomic E-state index is 12.1. The van der Waals surface area contributed by atoms with E-state index in [1.54, 1.807) is 39.1 Å². The van der Waals surface area contributed by atoms with Crippen molar-refractivity contribution in [1.82, 2.24) is 0 Å². The van der Waals surface area contributed by atoms with Crippen LogP contribution < -0.4 is 22.5 Å². The zero-order chi connectivity index (χ0) is 42.2. The molecule has 7 N–H and O–H groups in total. The summed E-state index contributed by atoms with van der Waals surface area (Å²) in [5, 5.41) is 2.66. The molecule has 0 aliphatic carbocycles. The number of carbonyl (C=O) groups is 6. The highest BCUT2D eigenvalue weighted by Crippen LogP contribution is 2.16. The van der Waals surface area contributed by atoms with Crippen LogP contribution in [0.2, 0.25) is 0 Å². The minimum Gasteiger partial charge on any atom is -0.444 e. The zero-order valence-corrected chi connectivity index (χ0v) is 33.1. The van der Waals surface area contributed by atoms with Crippen molar-refractivity contribution in [3.8, 4) is 0 Å². The van der Waals surface area contributed by atoms with Crippen LogP contribution in [0.3, 0.4) is 0 Å². The summed E-state index contributed by atoms with van der Waals surface area (Å²) in [6, 6.07) is 14.2. The molecule has 1 amide bonds. The lowest BCUT2D eigenvalue weighted by atomic mass is 9.95. The summed E-state index contributed by atoms with van der Waals surface area (Å²) < 4.78 is 5.19. The Balaban J connectivity index is 0.000000313. The third-order valence-corrected chi connectivity index (χ3v) is 7.96. The van der Waals surface area contributed by atoms with Gasteiger partial charge in [0.1, 0.15) is 23.2 Å². The molecule has 3 aliphatic rings. The quantitative estimate of drug-likeness (QED) is 0.198. The highest BCUT2D eigenvalue weighted by molar-refractivity contribution is 6.07. The number of nitrogens with two attached hydrogens (primary N) is 3. The number of aliphatic imine (C=N–C) groups is 3. The van der Waals surface area contributed by atoms with E-state index in [0.717, 1.165) is 24.1 Å². The largest absolute Gasteiger partial charge is 0.444 e. The minimum atomic E-state index is -0.551. The second kappa shape index (κ2) is 25.2. The Morgan fingerprint density at radius 3 is 1.49 bits per heavy atom. The number of Topliss-reactive ketones (excluding diaryl/α,β-unsaturated/α-hetero) is 2. The fraction of sp³-hybridized carbons (Fsp3) is 0.372. The van der Waals surface area contributed by atoms with Crippen LogP contribution in [0.5, 0.6) is 0 Å². The number of rotatable bonds is 12. The molecule has 0 fully saturated rings. The predicted octanol–water partition coefficient (Wildman–Crippen LogP) is 5.49. The van der Waals surface area contributed by atoms with Crippen LogP contribution in [0.25, 0.3) is 0 Å². The van der Waals surface area contributed by atoms with Crippen LogP contribution >= 0.6 is 0 Å². The lowest BCUT2D eigenvalue weighted by molar-refractivity contribution is -0.123. The van der Waals surface area contributed by atoms with E-state index in [1.165, 1.54) is 49.3 Å². The first-order chi connectivity index (χ1) is 27.1. The summed E-state index contributed by atoms with van der Waals surface area (Å²) in [7, 11) is 0. The van der Waals surface area contributed by atoms with Crippen LogP contribution in [0, 0.1) is 11.8 Å². The van der Waals surface area contributed by atoms with Gasteiger partial charge < -0.3 is 21.9 Å². The summed E-state index contributed by atoms with van der Waals surface area (Å²) >= 11 is 0. The van der Waals surface area contributed by atoms with Gasteiger partial charge in [0.15, 0.2) is 17.3 Å². The van der Waals surface area contributed by atoms with Crippen molar-refractivity contribution >= 4 is 65.0 Å². The highest BCUT2D eigenvalue weighted by Gasteiger charge is 2.21. The molecule has 0 spiro atoms. The fourth-order valence-corrected chi connectivity index (χ4v) is 4.81. The Bertz CT molecular complexity index is 1840. The molecule has 57 heavy (non-hydrogen) atoms. The SMILES string of the molecule is CC(C)(C)OC(=O)Nc1ccc(CCC(=O)CC2C=NC=CC2=O)cc1.CCCN.NC1C=NC=CC1=O.Nc1ccc(CCC(=O)CC2C=NC=CC2=O)cc1. The zero-order valence-electron chi connectivity index (χ0n) is 33.1. The summed E-state index contributed by atoms with van der Waals surface area (Å²) in [6.07, 6.45) is 16.1. The molecule has 2 aromatic carbocycles.